The minimum atomic E-state index is -0.539. The van der Waals surface area contributed by atoms with Gasteiger partial charge >= 0.3 is 6.09 Å². The second kappa shape index (κ2) is 6.74. The van der Waals surface area contributed by atoms with Crippen molar-refractivity contribution in [3.63, 3.8) is 0 Å². The van der Waals surface area contributed by atoms with Crippen LogP contribution in [0.4, 0.5) is 4.79 Å². The van der Waals surface area contributed by atoms with E-state index in [-0.39, 0.29) is 11.9 Å². The Kier molecular flexibility index (Phi) is 4.65. The van der Waals surface area contributed by atoms with Crippen molar-refractivity contribution in [2.24, 2.45) is 0 Å². The first kappa shape index (κ1) is 17.3. The number of alkyl carbamates (subject to hydrolysis) is 1. The zero-order valence-electron chi connectivity index (χ0n) is 14.8. The van der Waals surface area contributed by atoms with Crippen molar-refractivity contribution in [1.29, 1.82) is 0 Å². The summed E-state index contributed by atoms with van der Waals surface area (Å²) in [6, 6.07) is 7.43. The number of piperidine rings is 1. The Hall–Kier alpha value is -2.57. The lowest BCUT2D eigenvalue weighted by atomic mass is 10.1. The Morgan fingerprint density at radius 2 is 2.08 bits per heavy atom. The number of aromatic nitrogens is 2. The van der Waals surface area contributed by atoms with Crippen LogP contribution in [0, 0.1) is 0 Å². The van der Waals surface area contributed by atoms with E-state index in [1.165, 1.54) is 0 Å². The van der Waals surface area contributed by atoms with Gasteiger partial charge in [0.1, 0.15) is 5.60 Å². The van der Waals surface area contributed by atoms with E-state index < -0.39 is 11.7 Å². The average molecular weight is 344 g/mol. The molecule has 0 spiro atoms. The molecule has 1 atom stereocenters. The van der Waals surface area contributed by atoms with Crippen LogP contribution in [0.1, 0.15) is 44.2 Å². The number of hydrogen-bond acceptors (Lipinski definition) is 4. The van der Waals surface area contributed by atoms with E-state index in [1.807, 2.05) is 45.0 Å². The molecule has 2 amide bonds. The van der Waals surface area contributed by atoms with Crippen molar-refractivity contribution in [3.05, 3.63) is 30.1 Å². The molecule has 1 aromatic carbocycles. The number of benzene rings is 1. The first-order valence-electron chi connectivity index (χ1n) is 8.55. The molecule has 2 N–H and O–H groups in total. The van der Waals surface area contributed by atoms with Crippen LogP contribution in [-0.2, 0) is 4.74 Å². The number of rotatable bonds is 2. The second-order valence-corrected chi connectivity index (χ2v) is 7.34. The predicted molar refractivity (Wildman–Crippen MR) is 94.4 cm³/mol. The number of imidazole rings is 1. The lowest BCUT2D eigenvalue weighted by Gasteiger charge is -2.33. The van der Waals surface area contributed by atoms with Crippen molar-refractivity contribution in [2.45, 2.75) is 45.3 Å². The SMILES string of the molecule is CC(C)(C)OC(=O)N[C@@H]1CCCN(C(=O)c2nc3ccccc3[nH]2)C1. The van der Waals surface area contributed by atoms with Crippen molar-refractivity contribution < 1.29 is 14.3 Å². The van der Waals surface area contributed by atoms with E-state index in [0.29, 0.717) is 18.9 Å². The second-order valence-electron chi connectivity index (χ2n) is 7.34. The van der Waals surface area contributed by atoms with Crippen LogP contribution < -0.4 is 5.32 Å². The van der Waals surface area contributed by atoms with Crippen molar-refractivity contribution >= 4 is 23.0 Å². The smallest absolute Gasteiger partial charge is 0.407 e. The number of hydrogen-bond donors (Lipinski definition) is 2. The fourth-order valence-corrected chi connectivity index (χ4v) is 2.96. The van der Waals surface area contributed by atoms with Crippen LogP contribution in [0.2, 0.25) is 0 Å². The maximum atomic E-state index is 12.7. The Labute approximate surface area is 146 Å². The van der Waals surface area contributed by atoms with Gasteiger partial charge in [0.25, 0.3) is 5.91 Å². The van der Waals surface area contributed by atoms with Crippen LogP contribution in [-0.4, -0.2) is 51.6 Å². The highest BCUT2D eigenvalue weighted by Gasteiger charge is 2.28. The van der Waals surface area contributed by atoms with Gasteiger partial charge in [-0.15, -0.1) is 0 Å². The van der Waals surface area contributed by atoms with Gasteiger partial charge in [0.05, 0.1) is 11.0 Å². The molecule has 0 unspecified atom stereocenters. The van der Waals surface area contributed by atoms with E-state index in [4.69, 9.17) is 4.74 Å². The van der Waals surface area contributed by atoms with Gasteiger partial charge in [-0.2, -0.15) is 0 Å². The molecule has 134 valence electrons. The van der Waals surface area contributed by atoms with Crippen LogP contribution in [0.15, 0.2) is 24.3 Å². The largest absolute Gasteiger partial charge is 0.444 e. The number of nitrogens with zero attached hydrogens (tertiary/aromatic N) is 2. The molecule has 7 nitrogen and oxygen atoms in total. The van der Waals surface area contributed by atoms with Gasteiger partial charge in [-0.05, 0) is 45.7 Å². The van der Waals surface area contributed by atoms with Crippen LogP contribution in [0.5, 0.6) is 0 Å². The Balaban J connectivity index is 1.64. The minimum Gasteiger partial charge on any atom is -0.444 e. The van der Waals surface area contributed by atoms with Gasteiger partial charge < -0.3 is 19.9 Å². The predicted octanol–water partition coefficient (Wildman–Crippen LogP) is 2.69. The average Bonchev–Trinajstić information content (AvgIpc) is 2.96. The summed E-state index contributed by atoms with van der Waals surface area (Å²) in [6.45, 7) is 6.58. The number of carbonyl (C=O) groups excluding carboxylic acids is 2. The van der Waals surface area contributed by atoms with Crippen LogP contribution >= 0.6 is 0 Å². The van der Waals surface area contributed by atoms with Gasteiger partial charge in [-0.25, -0.2) is 9.78 Å². The quantitative estimate of drug-likeness (QED) is 0.877. The summed E-state index contributed by atoms with van der Waals surface area (Å²) < 4.78 is 5.29. The summed E-state index contributed by atoms with van der Waals surface area (Å²) in [4.78, 5) is 33.8. The topological polar surface area (TPSA) is 87.3 Å². The zero-order valence-corrected chi connectivity index (χ0v) is 14.8. The summed E-state index contributed by atoms with van der Waals surface area (Å²) in [5.74, 6) is 0.186. The fourth-order valence-electron chi connectivity index (χ4n) is 2.96. The minimum absolute atomic E-state index is 0.114. The van der Waals surface area contributed by atoms with Gasteiger partial charge in [-0.1, -0.05) is 12.1 Å². The van der Waals surface area contributed by atoms with Gasteiger partial charge in [0, 0.05) is 19.1 Å². The lowest BCUT2D eigenvalue weighted by molar-refractivity contribution is 0.0450. The van der Waals surface area contributed by atoms with E-state index in [1.54, 1.807) is 4.90 Å². The molecule has 0 bridgehead atoms. The monoisotopic (exact) mass is 344 g/mol. The first-order chi connectivity index (χ1) is 11.8. The third-order valence-corrected chi connectivity index (χ3v) is 4.02. The summed E-state index contributed by atoms with van der Waals surface area (Å²) in [5.41, 5.74) is 1.07. The summed E-state index contributed by atoms with van der Waals surface area (Å²) in [6.07, 6.45) is 1.20. The molecule has 1 aliphatic rings. The number of para-hydroxylation sites is 2. The van der Waals surface area contributed by atoms with Gasteiger partial charge in [0.15, 0.2) is 5.82 Å². The number of likely N-dealkylation sites (tertiary alicyclic amines) is 1. The third kappa shape index (κ3) is 4.29. The number of aromatic amines is 1. The number of ether oxygens (including phenoxy) is 1. The zero-order chi connectivity index (χ0) is 18.0. The standard InChI is InChI=1S/C18H24N4O3/c1-18(2,3)25-17(24)19-12-7-6-10-22(11-12)16(23)15-20-13-8-4-5-9-14(13)21-15/h4-5,8-9,12H,6-7,10-11H2,1-3H3,(H,19,24)(H,20,21)/t12-/m1/s1. The molecule has 1 aliphatic heterocycles. The molecule has 1 aromatic heterocycles. The number of fused-ring (bicyclic) bond motifs is 1. The van der Waals surface area contributed by atoms with E-state index in [9.17, 15) is 9.59 Å². The summed E-state index contributed by atoms with van der Waals surface area (Å²) in [7, 11) is 0. The normalized spacial score (nSPS) is 18.2. The molecule has 25 heavy (non-hydrogen) atoms. The summed E-state index contributed by atoms with van der Waals surface area (Å²) >= 11 is 0. The highest BCUT2D eigenvalue weighted by Crippen LogP contribution is 2.16. The molecule has 7 heteroatoms. The maximum Gasteiger partial charge on any atom is 0.407 e. The molecule has 2 heterocycles. The van der Waals surface area contributed by atoms with Crippen molar-refractivity contribution in [2.75, 3.05) is 13.1 Å². The number of carbonyl (C=O) groups is 2. The number of amides is 2. The molecule has 2 aromatic rings. The van der Waals surface area contributed by atoms with Crippen LogP contribution in [0.25, 0.3) is 11.0 Å². The Bertz CT molecular complexity index is 745. The Morgan fingerprint density at radius 3 is 2.80 bits per heavy atom. The van der Waals surface area contributed by atoms with Crippen molar-refractivity contribution in [1.82, 2.24) is 20.2 Å². The number of nitrogens with one attached hydrogen (secondary N) is 2. The number of H-pyrrole nitrogens is 1. The van der Waals surface area contributed by atoms with E-state index in [2.05, 4.69) is 15.3 Å². The first-order valence-corrected chi connectivity index (χ1v) is 8.55. The lowest BCUT2D eigenvalue weighted by Crippen LogP contribution is -2.50. The van der Waals surface area contributed by atoms with Crippen LogP contribution in [0.3, 0.4) is 0 Å². The molecule has 0 aliphatic carbocycles. The molecule has 1 fully saturated rings. The van der Waals surface area contributed by atoms with Gasteiger partial charge in [0.2, 0.25) is 0 Å². The summed E-state index contributed by atoms with van der Waals surface area (Å²) in [5, 5.41) is 2.85. The fraction of sp³-hybridized carbons (Fsp3) is 0.500. The molecule has 1 saturated heterocycles. The molecular formula is C18H24N4O3. The third-order valence-electron chi connectivity index (χ3n) is 4.02. The highest BCUT2D eigenvalue weighted by molar-refractivity contribution is 5.94. The van der Waals surface area contributed by atoms with E-state index in [0.717, 1.165) is 23.9 Å². The maximum absolute atomic E-state index is 12.7. The van der Waals surface area contributed by atoms with Crippen molar-refractivity contribution in [3.8, 4) is 0 Å². The highest BCUT2D eigenvalue weighted by atomic mass is 16.6. The van der Waals surface area contributed by atoms with E-state index >= 15 is 0 Å². The molecule has 3 rings (SSSR count). The molecule has 0 saturated carbocycles. The van der Waals surface area contributed by atoms with Gasteiger partial charge in [-0.3, -0.25) is 4.79 Å². The Morgan fingerprint density at radius 1 is 1.32 bits per heavy atom. The molecule has 0 radical (unpaired) electrons. The molecular weight excluding hydrogens is 320 g/mol.